The summed E-state index contributed by atoms with van der Waals surface area (Å²) in [7, 11) is 0. The molecule has 0 heterocycles. The van der Waals surface area contributed by atoms with Crippen LogP contribution >= 0.6 is 0 Å². The Labute approximate surface area is 116 Å². The fraction of sp³-hybridized carbons (Fsp3) is 0.133. The maximum atomic E-state index is 12.8. The molecule has 0 aliphatic rings. The van der Waals surface area contributed by atoms with Crippen LogP contribution in [-0.4, -0.2) is 5.91 Å². The Morgan fingerprint density at radius 2 is 1.90 bits per heavy atom. The second kappa shape index (κ2) is 6.16. The van der Waals surface area contributed by atoms with Gasteiger partial charge in [-0.25, -0.2) is 10.2 Å². The number of carbonyl (C=O) groups is 1. The summed E-state index contributed by atoms with van der Waals surface area (Å²) in [4.78, 5) is 11.5. The van der Waals surface area contributed by atoms with E-state index in [0.717, 1.165) is 16.8 Å². The predicted octanol–water partition coefficient (Wildman–Crippen LogP) is 2.35. The molecule has 20 heavy (non-hydrogen) atoms. The molecule has 2 aromatic rings. The third-order valence-corrected chi connectivity index (χ3v) is 3.03. The van der Waals surface area contributed by atoms with Crippen LogP contribution in [0.25, 0.3) is 0 Å². The van der Waals surface area contributed by atoms with Gasteiger partial charge in [-0.3, -0.25) is 10.2 Å². The van der Waals surface area contributed by atoms with Crippen molar-refractivity contribution in [1.82, 2.24) is 5.43 Å². The quantitative estimate of drug-likeness (QED) is 0.455. The molecular weight excluding hydrogens is 257 g/mol. The number of hydrazine groups is 1. The molecule has 0 saturated heterocycles. The second-order valence-corrected chi connectivity index (χ2v) is 4.48. The molecule has 0 saturated carbocycles. The van der Waals surface area contributed by atoms with Crippen molar-refractivity contribution in [3.8, 4) is 0 Å². The molecule has 1 amide bonds. The monoisotopic (exact) mass is 273 g/mol. The van der Waals surface area contributed by atoms with E-state index in [4.69, 9.17) is 5.84 Å². The first-order chi connectivity index (χ1) is 9.60. The van der Waals surface area contributed by atoms with Crippen molar-refractivity contribution in [2.45, 2.75) is 13.5 Å². The van der Waals surface area contributed by atoms with Crippen LogP contribution < -0.4 is 16.6 Å². The molecule has 2 rings (SSSR count). The highest BCUT2D eigenvalue weighted by Crippen LogP contribution is 2.18. The molecule has 0 aromatic heterocycles. The van der Waals surface area contributed by atoms with Gasteiger partial charge in [0, 0.05) is 17.8 Å². The zero-order valence-electron chi connectivity index (χ0n) is 11.1. The molecule has 0 aliphatic carbocycles. The van der Waals surface area contributed by atoms with Gasteiger partial charge in [-0.2, -0.15) is 0 Å². The summed E-state index contributed by atoms with van der Waals surface area (Å²) in [6, 6.07) is 11.6. The zero-order valence-corrected chi connectivity index (χ0v) is 11.1. The molecule has 4 N–H and O–H groups in total. The van der Waals surface area contributed by atoms with Crippen molar-refractivity contribution in [1.29, 1.82) is 0 Å². The van der Waals surface area contributed by atoms with Gasteiger partial charge in [0.05, 0.1) is 0 Å². The summed E-state index contributed by atoms with van der Waals surface area (Å²) in [6.45, 7) is 2.49. The van der Waals surface area contributed by atoms with Gasteiger partial charge in [0.25, 0.3) is 5.91 Å². The Kier molecular flexibility index (Phi) is 4.32. The van der Waals surface area contributed by atoms with Gasteiger partial charge in [-0.1, -0.05) is 18.2 Å². The van der Waals surface area contributed by atoms with Gasteiger partial charge < -0.3 is 5.32 Å². The number of hydrogen-bond acceptors (Lipinski definition) is 3. The average Bonchev–Trinajstić information content (AvgIpc) is 2.47. The maximum Gasteiger partial charge on any atom is 0.265 e. The third kappa shape index (κ3) is 3.33. The minimum absolute atomic E-state index is 0.258. The van der Waals surface area contributed by atoms with Crippen LogP contribution in [-0.2, 0) is 6.54 Å². The van der Waals surface area contributed by atoms with Gasteiger partial charge >= 0.3 is 0 Å². The molecule has 0 aliphatic heterocycles. The zero-order chi connectivity index (χ0) is 14.5. The number of amides is 1. The SMILES string of the molecule is Cc1ccc(C(=O)NN)cc1NCc1ccc(F)cc1. The molecule has 0 spiro atoms. The van der Waals surface area contributed by atoms with Crippen LogP contribution in [0.2, 0.25) is 0 Å². The number of nitrogens with two attached hydrogens (primary N) is 1. The highest BCUT2D eigenvalue weighted by Gasteiger charge is 2.06. The van der Waals surface area contributed by atoms with Crippen molar-refractivity contribution in [3.63, 3.8) is 0 Å². The number of benzene rings is 2. The number of rotatable bonds is 4. The first kappa shape index (κ1) is 14.0. The van der Waals surface area contributed by atoms with Crippen molar-refractivity contribution in [3.05, 3.63) is 65.0 Å². The summed E-state index contributed by atoms with van der Waals surface area (Å²) in [5, 5.41) is 3.22. The summed E-state index contributed by atoms with van der Waals surface area (Å²) in [6.07, 6.45) is 0. The molecule has 0 atom stereocenters. The minimum atomic E-state index is -0.338. The van der Waals surface area contributed by atoms with Gasteiger partial charge in [0.1, 0.15) is 5.82 Å². The van der Waals surface area contributed by atoms with Crippen molar-refractivity contribution < 1.29 is 9.18 Å². The van der Waals surface area contributed by atoms with E-state index in [1.54, 1.807) is 24.3 Å². The number of anilines is 1. The Hall–Kier alpha value is -2.40. The molecule has 0 unspecified atom stereocenters. The predicted molar refractivity (Wildman–Crippen MR) is 76.6 cm³/mol. The maximum absolute atomic E-state index is 12.8. The molecule has 104 valence electrons. The number of carbonyl (C=O) groups excluding carboxylic acids is 1. The van der Waals surface area contributed by atoms with Crippen LogP contribution in [0.1, 0.15) is 21.5 Å². The standard InChI is InChI=1S/C15H16FN3O/c1-10-2-5-12(15(20)19-17)8-14(10)18-9-11-3-6-13(16)7-4-11/h2-8,18H,9,17H2,1H3,(H,19,20). The largest absolute Gasteiger partial charge is 0.381 e. The van der Waals surface area contributed by atoms with Crippen LogP contribution in [0.3, 0.4) is 0 Å². The Bertz CT molecular complexity index is 611. The minimum Gasteiger partial charge on any atom is -0.381 e. The fourth-order valence-electron chi connectivity index (χ4n) is 1.84. The number of aryl methyl sites for hydroxylation is 1. The summed E-state index contributed by atoms with van der Waals surface area (Å²) in [5.74, 6) is 4.52. The lowest BCUT2D eigenvalue weighted by molar-refractivity contribution is 0.0953. The molecular formula is C15H16FN3O. The molecule has 0 fully saturated rings. The average molecular weight is 273 g/mol. The van der Waals surface area contributed by atoms with E-state index in [2.05, 4.69) is 10.7 Å². The molecule has 2 aromatic carbocycles. The van der Waals surface area contributed by atoms with Gasteiger partial charge in [-0.05, 0) is 42.3 Å². The third-order valence-electron chi connectivity index (χ3n) is 3.03. The first-order valence-electron chi connectivity index (χ1n) is 6.20. The normalized spacial score (nSPS) is 10.2. The number of hydrogen-bond donors (Lipinski definition) is 3. The van der Waals surface area contributed by atoms with E-state index >= 15 is 0 Å². The molecule has 5 heteroatoms. The van der Waals surface area contributed by atoms with E-state index in [0.29, 0.717) is 12.1 Å². The van der Waals surface area contributed by atoms with Crippen molar-refractivity contribution in [2.75, 3.05) is 5.32 Å². The van der Waals surface area contributed by atoms with Crippen LogP contribution in [0.5, 0.6) is 0 Å². The van der Waals surface area contributed by atoms with Crippen LogP contribution in [0, 0.1) is 12.7 Å². The Balaban J connectivity index is 2.12. The van der Waals surface area contributed by atoms with Crippen molar-refractivity contribution >= 4 is 11.6 Å². The van der Waals surface area contributed by atoms with Gasteiger partial charge in [0.15, 0.2) is 0 Å². The number of nitrogen functional groups attached to an aromatic ring is 1. The Morgan fingerprint density at radius 3 is 2.55 bits per heavy atom. The van der Waals surface area contributed by atoms with Crippen molar-refractivity contribution in [2.24, 2.45) is 5.84 Å². The topological polar surface area (TPSA) is 67.2 Å². The van der Waals surface area contributed by atoms with E-state index in [1.807, 2.05) is 13.0 Å². The molecule has 4 nitrogen and oxygen atoms in total. The lowest BCUT2D eigenvalue weighted by Gasteiger charge is -2.11. The van der Waals surface area contributed by atoms with E-state index in [-0.39, 0.29) is 11.7 Å². The van der Waals surface area contributed by atoms with E-state index < -0.39 is 0 Å². The molecule has 0 radical (unpaired) electrons. The summed E-state index contributed by atoms with van der Waals surface area (Å²) in [5.41, 5.74) is 5.40. The Morgan fingerprint density at radius 1 is 1.20 bits per heavy atom. The summed E-state index contributed by atoms with van der Waals surface area (Å²) >= 11 is 0. The van der Waals surface area contributed by atoms with Gasteiger partial charge in [0.2, 0.25) is 0 Å². The molecule has 0 bridgehead atoms. The summed E-state index contributed by atoms with van der Waals surface area (Å²) < 4.78 is 12.8. The van der Waals surface area contributed by atoms with E-state index in [1.165, 1.54) is 12.1 Å². The van der Waals surface area contributed by atoms with Crippen LogP contribution in [0.15, 0.2) is 42.5 Å². The first-order valence-corrected chi connectivity index (χ1v) is 6.20. The lowest BCUT2D eigenvalue weighted by Crippen LogP contribution is -2.30. The van der Waals surface area contributed by atoms with Crippen LogP contribution in [0.4, 0.5) is 10.1 Å². The highest BCUT2D eigenvalue weighted by molar-refractivity contribution is 5.94. The number of halogens is 1. The second-order valence-electron chi connectivity index (χ2n) is 4.48. The fourth-order valence-corrected chi connectivity index (χ4v) is 1.84. The van der Waals surface area contributed by atoms with E-state index in [9.17, 15) is 9.18 Å². The lowest BCUT2D eigenvalue weighted by atomic mass is 10.1. The van der Waals surface area contributed by atoms with Gasteiger partial charge in [-0.15, -0.1) is 0 Å². The highest BCUT2D eigenvalue weighted by atomic mass is 19.1. The number of nitrogens with one attached hydrogen (secondary N) is 2. The smallest absolute Gasteiger partial charge is 0.265 e.